The van der Waals surface area contributed by atoms with E-state index in [0.29, 0.717) is 0 Å². The zero-order valence-electron chi connectivity index (χ0n) is 5.31. The van der Waals surface area contributed by atoms with E-state index in [1.807, 2.05) is 0 Å². The zero-order valence-corrected chi connectivity index (χ0v) is 6.21. The van der Waals surface area contributed by atoms with Gasteiger partial charge in [-0.2, -0.15) is 0 Å². The third-order valence-corrected chi connectivity index (χ3v) is 1.95. The molecule has 0 aromatic heterocycles. The Balaban J connectivity index is 4.75. The summed E-state index contributed by atoms with van der Waals surface area (Å²) in [4.78, 5) is 27.0. The van der Waals surface area contributed by atoms with Crippen LogP contribution in [0.4, 0.5) is 0 Å². The monoisotopic (exact) mass is 165 g/mol. The molecule has 5 nitrogen and oxygen atoms in total. The highest BCUT2D eigenvalue weighted by molar-refractivity contribution is 7.58. The van der Waals surface area contributed by atoms with Crippen LogP contribution in [0.25, 0.3) is 0 Å². The fourth-order valence-electron chi connectivity index (χ4n) is 0.454. The van der Waals surface area contributed by atoms with Gasteiger partial charge >= 0.3 is 7.60 Å². The summed E-state index contributed by atoms with van der Waals surface area (Å²) in [6, 6.07) is 0. The number of primary amides is 1. The van der Waals surface area contributed by atoms with E-state index >= 15 is 0 Å². The molecule has 1 amide bonds. The van der Waals surface area contributed by atoms with Crippen molar-refractivity contribution in [1.29, 1.82) is 0 Å². The molecule has 10 heavy (non-hydrogen) atoms. The molecule has 6 heteroatoms. The maximum Gasteiger partial charge on any atom is 0.361 e. The first-order valence-corrected chi connectivity index (χ1v) is 4.03. The summed E-state index contributed by atoms with van der Waals surface area (Å²) in [6.45, 7) is 1.33. The molecule has 0 aliphatic rings. The Morgan fingerprint density at radius 2 is 2.00 bits per heavy atom. The maximum atomic E-state index is 10.3. The molecule has 0 radical (unpaired) electrons. The molecule has 0 spiro atoms. The highest BCUT2D eigenvalue weighted by Crippen LogP contribution is 2.44. The minimum absolute atomic E-state index is 0.646. The summed E-state index contributed by atoms with van der Waals surface area (Å²) < 4.78 is 10.3. The van der Waals surface area contributed by atoms with Gasteiger partial charge in [0, 0.05) is 0 Å². The van der Waals surface area contributed by atoms with Crippen LogP contribution in [0.3, 0.4) is 0 Å². The number of carbonyl (C=O) groups excluding carboxylic acids is 1. The van der Waals surface area contributed by atoms with E-state index < -0.39 is 18.8 Å². The first-order chi connectivity index (χ1) is 4.39. The van der Waals surface area contributed by atoms with Crippen molar-refractivity contribution in [1.82, 2.24) is 0 Å². The van der Waals surface area contributed by atoms with Gasteiger partial charge in [-0.15, -0.1) is 0 Å². The highest BCUT2D eigenvalue weighted by Gasteiger charge is 2.24. The Kier molecular flexibility index (Phi) is 2.77. The van der Waals surface area contributed by atoms with Crippen molar-refractivity contribution in [3.05, 3.63) is 11.4 Å². The van der Waals surface area contributed by atoms with Crippen molar-refractivity contribution in [2.45, 2.75) is 6.92 Å². The van der Waals surface area contributed by atoms with Crippen LogP contribution in [0.15, 0.2) is 11.4 Å². The van der Waals surface area contributed by atoms with Gasteiger partial charge in [0.05, 0.1) is 0 Å². The van der Waals surface area contributed by atoms with Gasteiger partial charge in [0.1, 0.15) is 5.31 Å². The predicted octanol–water partition coefficient (Wildman–Crippen LogP) is -0.447. The van der Waals surface area contributed by atoms with Gasteiger partial charge < -0.3 is 15.5 Å². The van der Waals surface area contributed by atoms with Crippen LogP contribution in [0.1, 0.15) is 6.92 Å². The van der Waals surface area contributed by atoms with Crippen molar-refractivity contribution < 1.29 is 19.1 Å². The molecular weight excluding hydrogens is 157 g/mol. The molecule has 0 aliphatic carbocycles. The van der Waals surface area contributed by atoms with Crippen molar-refractivity contribution >= 4 is 13.5 Å². The van der Waals surface area contributed by atoms with Crippen LogP contribution in [0, 0.1) is 0 Å². The molecule has 58 valence electrons. The Morgan fingerprint density at radius 3 is 2.00 bits per heavy atom. The van der Waals surface area contributed by atoms with E-state index in [9.17, 15) is 9.36 Å². The molecule has 0 saturated heterocycles. The molecule has 0 aromatic carbocycles. The van der Waals surface area contributed by atoms with Crippen LogP contribution in [-0.2, 0) is 9.36 Å². The molecular formula is C4H8NO4P. The molecule has 0 bridgehead atoms. The summed E-state index contributed by atoms with van der Waals surface area (Å²) >= 11 is 0. The van der Waals surface area contributed by atoms with E-state index in [-0.39, 0.29) is 0 Å². The SMILES string of the molecule is CC=C(C(N)=O)P(=O)(O)O. The average molecular weight is 165 g/mol. The number of nitrogens with two attached hydrogens (primary N) is 1. The Morgan fingerprint density at radius 1 is 1.60 bits per heavy atom. The van der Waals surface area contributed by atoms with Crippen molar-refractivity contribution in [3.63, 3.8) is 0 Å². The summed E-state index contributed by atoms with van der Waals surface area (Å²) in [7, 11) is -4.45. The molecule has 0 aromatic rings. The van der Waals surface area contributed by atoms with Gasteiger partial charge in [-0.25, -0.2) is 0 Å². The Bertz CT molecular complexity index is 215. The second-order valence-corrected chi connectivity index (χ2v) is 3.15. The Hall–Kier alpha value is -0.640. The smallest absolute Gasteiger partial charge is 0.361 e. The average Bonchev–Trinajstić information content (AvgIpc) is 1.60. The summed E-state index contributed by atoms with van der Waals surface area (Å²) in [5.74, 6) is -1.09. The number of carbonyl (C=O) groups is 1. The second-order valence-electron chi connectivity index (χ2n) is 1.58. The van der Waals surface area contributed by atoms with Gasteiger partial charge in [-0.05, 0) is 6.92 Å². The van der Waals surface area contributed by atoms with E-state index in [1.54, 1.807) is 0 Å². The van der Waals surface area contributed by atoms with E-state index in [4.69, 9.17) is 9.79 Å². The zero-order chi connectivity index (χ0) is 8.36. The first-order valence-electron chi connectivity index (χ1n) is 2.42. The van der Waals surface area contributed by atoms with Crippen LogP contribution >= 0.6 is 7.60 Å². The lowest BCUT2D eigenvalue weighted by molar-refractivity contribution is -0.114. The first kappa shape index (κ1) is 9.36. The molecule has 0 atom stereocenters. The van der Waals surface area contributed by atoms with Crippen molar-refractivity contribution in [2.75, 3.05) is 0 Å². The fourth-order valence-corrected chi connectivity index (χ4v) is 1.08. The summed E-state index contributed by atoms with van der Waals surface area (Å²) in [5.41, 5.74) is 4.63. The van der Waals surface area contributed by atoms with Gasteiger partial charge in [0.25, 0.3) is 5.91 Å². The standard InChI is InChI=1S/C4H8NO4P/c1-2-3(4(5)6)10(7,8)9/h2H,1H3,(H2,5,6)(H2,7,8,9). The van der Waals surface area contributed by atoms with Gasteiger partial charge in [-0.3, -0.25) is 9.36 Å². The summed E-state index contributed by atoms with van der Waals surface area (Å²) in [5, 5.41) is -0.646. The fraction of sp³-hybridized carbons (Fsp3) is 0.250. The van der Waals surface area contributed by atoms with E-state index in [2.05, 4.69) is 5.73 Å². The lowest BCUT2D eigenvalue weighted by Gasteiger charge is -2.02. The van der Waals surface area contributed by atoms with Gasteiger partial charge in [0.2, 0.25) is 0 Å². The minimum atomic E-state index is -4.45. The lowest BCUT2D eigenvalue weighted by Crippen LogP contribution is -2.13. The summed E-state index contributed by atoms with van der Waals surface area (Å²) in [6.07, 6.45) is 1.00. The molecule has 0 aliphatic heterocycles. The predicted molar refractivity (Wildman–Crippen MR) is 35.0 cm³/mol. The molecule has 0 rings (SSSR count). The number of rotatable bonds is 2. The van der Waals surface area contributed by atoms with Crippen LogP contribution in [0.2, 0.25) is 0 Å². The highest BCUT2D eigenvalue weighted by atomic mass is 31.2. The van der Waals surface area contributed by atoms with Crippen LogP contribution in [0.5, 0.6) is 0 Å². The normalized spacial score (nSPS) is 13.3. The largest absolute Gasteiger partial charge is 0.365 e. The van der Waals surface area contributed by atoms with Gasteiger partial charge in [-0.1, -0.05) is 6.08 Å². The van der Waals surface area contributed by atoms with E-state index in [0.717, 1.165) is 6.08 Å². The van der Waals surface area contributed by atoms with Crippen molar-refractivity contribution in [2.24, 2.45) is 5.73 Å². The van der Waals surface area contributed by atoms with Crippen molar-refractivity contribution in [3.8, 4) is 0 Å². The Labute approximate surface area is 57.7 Å². The topological polar surface area (TPSA) is 101 Å². The van der Waals surface area contributed by atoms with Gasteiger partial charge in [0.15, 0.2) is 0 Å². The molecule has 4 N–H and O–H groups in total. The number of allylic oxidation sites excluding steroid dienone is 1. The van der Waals surface area contributed by atoms with Crippen LogP contribution < -0.4 is 5.73 Å². The maximum absolute atomic E-state index is 10.3. The quantitative estimate of drug-likeness (QED) is 0.381. The molecule has 0 fully saturated rings. The molecule has 0 unspecified atom stereocenters. The second kappa shape index (κ2) is 2.96. The number of hydrogen-bond acceptors (Lipinski definition) is 2. The third kappa shape index (κ3) is 2.31. The minimum Gasteiger partial charge on any atom is -0.365 e. The number of amides is 1. The third-order valence-electron chi connectivity index (χ3n) is 0.840. The molecule has 0 heterocycles. The lowest BCUT2D eigenvalue weighted by atomic mass is 10.5. The van der Waals surface area contributed by atoms with E-state index in [1.165, 1.54) is 6.92 Å². The van der Waals surface area contributed by atoms with Crippen LogP contribution in [-0.4, -0.2) is 15.7 Å². The number of hydrogen-bond donors (Lipinski definition) is 3. The molecule has 0 saturated carbocycles.